The Balaban J connectivity index is 2.25. The Morgan fingerprint density at radius 1 is 1.39 bits per heavy atom. The molecular formula is C11H13N5O2. The third-order valence-electron chi connectivity index (χ3n) is 2.32. The summed E-state index contributed by atoms with van der Waals surface area (Å²) in [4.78, 5) is 15.9. The second kappa shape index (κ2) is 4.84. The van der Waals surface area contributed by atoms with Gasteiger partial charge in [0, 0.05) is 0 Å². The molecule has 2 rings (SSSR count). The lowest BCUT2D eigenvalue weighted by atomic mass is 10.1. The highest BCUT2D eigenvalue weighted by molar-refractivity contribution is 6.07. The number of nitrogen functional groups attached to an aromatic ring is 1. The van der Waals surface area contributed by atoms with E-state index in [2.05, 4.69) is 20.9 Å². The van der Waals surface area contributed by atoms with Crippen molar-refractivity contribution in [2.75, 3.05) is 10.7 Å². The van der Waals surface area contributed by atoms with Crippen LogP contribution in [0, 0.1) is 13.8 Å². The molecule has 18 heavy (non-hydrogen) atoms. The molecule has 0 atom stereocenters. The van der Waals surface area contributed by atoms with Crippen molar-refractivity contribution >= 4 is 17.6 Å². The molecule has 0 aliphatic heterocycles. The lowest BCUT2D eigenvalue weighted by Crippen LogP contribution is -2.17. The summed E-state index contributed by atoms with van der Waals surface area (Å²) in [5.41, 5.74) is 4.35. The van der Waals surface area contributed by atoms with Crippen molar-refractivity contribution < 1.29 is 9.32 Å². The Bertz CT molecular complexity index is 579. The predicted molar refractivity (Wildman–Crippen MR) is 66.0 cm³/mol. The average Bonchev–Trinajstić information content (AvgIpc) is 2.74. The lowest BCUT2D eigenvalue weighted by Gasteiger charge is -2.08. The number of aromatic nitrogens is 2. The van der Waals surface area contributed by atoms with E-state index in [0.29, 0.717) is 17.1 Å². The van der Waals surface area contributed by atoms with Crippen LogP contribution in [0.1, 0.15) is 21.7 Å². The molecule has 2 aromatic rings. The first-order valence-corrected chi connectivity index (χ1v) is 5.29. The molecule has 0 radical (unpaired) electrons. The average molecular weight is 247 g/mol. The minimum absolute atomic E-state index is 0.0574. The number of carbonyl (C=O) groups excluding carboxylic acids is 1. The number of aryl methyl sites for hydroxylation is 2. The van der Waals surface area contributed by atoms with E-state index in [1.54, 1.807) is 19.1 Å². The summed E-state index contributed by atoms with van der Waals surface area (Å²) in [6.07, 6.45) is 0. The van der Waals surface area contributed by atoms with Crippen molar-refractivity contribution in [1.29, 1.82) is 0 Å². The van der Waals surface area contributed by atoms with Gasteiger partial charge in [-0.1, -0.05) is 16.8 Å². The summed E-state index contributed by atoms with van der Waals surface area (Å²) in [6.45, 7) is 3.55. The van der Waals surface area contributed by atoms with Gasteiger partial charge in [-0.3, -0.25) is 16.0 Å². The maximum atomic E-state index is 12.0. The number of benzene rings is 1. The molecule has 94 valence electrons. The van der Waals surface area contributed by atoms with Gasteiger partial charge in [-0.2, -0.15) is 4.98 Å². The summed E-state index contributed by atoms with van der Waals surface area (Å²) in [7, 11) is 0. The third kappa shape index (κ3) is 2.46. The molecule has 0 aliphatic rings. The molecule has 7 heteroatoms. The molecule has 1 aromatic carbocycles. The second-order valence-corrected chi connectivity index (χ2v) is 3.79. The summed E-state index contributed by atoms with van der Waals surface area (Å²) in [5, 5.41) is 6.09. The van der Waals surface area contributed by atoms with Crippen LogP contribution < -0.4 is 16.6 Å². The monoisotopic (exact) mass is 247 g/mol. The number of hydrogen-bond donors (Lipinski definition) is 3. The summed E-state index contributed by atoms with van der Waals surface area (Å²) < 4.78 is 4.82. The quantitative estimate of drug-likeness (QED) is 0.556. The van der Waals surface area contributed by atoms with Crippen LogP contribution in [0.4, 0.5) is 11.7 Å². The number of nitrogens with two attached hydrogens (primary N) is 1. The molecular weight excluding hydrogens is 234 g/mol. The number of nitrogens with zero attached hydrogens (tertiary/aromatic N) is 2. The van der Waals surface area contributed by atoms with Gasteiger partial charge in [0.05, 0.1) is 11.3 Å². The Kier molecular flexibility index (Phi) is 3.24. The highest BCUT2D eigenvalue weighted by atomic mass is 16.5. The van der Waals surface area contributed by atoms with Crippen molar-refractivity contribution in [1.82, 2.24) is 10.1 Å². The first-order chi connectivity index (χ1) is 8.60. The number of rotatable bonds is 3. The van der Waals surface area contributed by atoms with Gasteiger partial charge in [-0.05, 0) is 26.0 Å². The van der Waals surface area contributed by atoms with E-state index in [9.17, 15) is 4.79 Å². The van der Waals surface area contributed by atoms with Gasteiger partial charge in [0.1, 0.15) is 0 Å². The largest absolute Gasteiger partial charge is 0.328 e. The van der Waals surface area contributed by atoms with Crippen LogP contribution in [0.5, 0.6) is 0 Å². The standard InChI is InChI=1S/C11H13N5O2/c1-6-3-4-9(15-12)8(5-6)10(17)14-11-13-7(2)16-18-11/h3-5,15H,12H2,1-2H3,(H,13,14,16,17). The predicted octanol–water partition coefficient (Wildman–Crippen LogP) is 1.22. The van der Waals surface area contributed by atoms with Crippen molar-refractivity contribution in [2.45, 2.75) is 13.8 Å². The summed E-state index contributed by atoms with van der Waals surface area (Å²) in [6, 6.07) is 5.35. The zero-order valence-corrected chi connectivity index (χ0v) is 10.0. The molecule has 1 amide bonds. The maximum absolute atomic E-state index is 12.0. The molecule has 0 saturated heterocycles. The van der Waals surface area contributed by atoms with E-state index in [1.165, 1.54) is 0 Å². The smallest absolute Gasteiger partial charge is 0.323 e. The van der Waals surface area contributed by atoms with Crippen LogP contribution >= 0.6 is 0 Å². The van der Waals surface area contributed by atoms with Gasteiger partial charge in [0.2, 0.25) is 0 Å². The zero-order chi connectivity index (χ0) is 13.1. The molecule has 0 saturated carbocycles. The van der Waals surface area contributed by atoms with Gasteiger partial charge < -0.3 is 9.95 Å². The van der Waals surface area contributed by atoms with E-state index in [4.69, 9.17) is 10.4 Å². The van der Waals surface area contributed by atoms with Crippen molar-refractivity contribution in [2.24, 2.45) is 5.84 Å². The molecule has 7 nitrogen and oxygen atoms in total. The van der Waals surface area contributed by atoms with Crippen LogP contribution in [-0.4, -0.2) is 16.0 Å². The molecule has 0 fully saturated rings. The van der Waals surface area contributed by atoms with Crippen LogP contribution in [0.2, 0.25) is 0 Å². The normalized spacial score (nSPS) is 10.2. The number of anilines is 2. The topological polar surface area (TPSA) is 106 Å². The van der Waals surface area contributed by atoms with Gasteiger partial charge in [0.25, 0.3) is 5.91 Å². The molecule has 4 N–H and O–H groups in total. The fourth-order valence-corrected chi connectivity index (χ4v) is 1.48. The lowest BCUT2D eigenvalue weighted by molar-refractivity contribution is 0.102. The first kappa shape index (κ1) is 12.1. The fourth-order valence-electron chi connectivity index (χ4n) is 1.48. The number of hydrogen-bond acceptors (Lipinski definition) is 6. The highest BCUT2D eigenvalue weighted by Crippen LogP contribution is 2.17. The molecule has 0 spiro atoms. The molecule has 1 heterocycles. The van der Waals surface area contributed by atoms with Crippen LogP contribution in [0.3, 0.4) is 0 Å². The Morgan fingerprint density at radius 3 is 2.78 bits per heavy atom. The van der Waals surface area contributed by atoms with Crippen molar-refractivity contribution in [3.05, 3.63) is 35.2 Å². The summed E-state index contributed by atoms with van der Waals surface area (Å²) in [5.74, 6) is 5.44. The molecule has 1 aromatic heterocycles. The minimum Gasteiger partial charge on any atom is -0.323 e. The Morgan fingerprint density at radius 2 is 2.17 bits per heavy atom. The number of nitrogens with one attached hydrogen (secondary N) is 2. The Labute approximate surface area is 103 Å². The maximum Gasteiger partial charge on any atom is 0.328 e. The van der Waals surface area contributed by atoms with Gasteiger partial charge in [-0.15, -0.1) is 0 Å². The van der Waals surface area contributed by atoms with Crippen LogP contribution in [0.15, 0.2) is 22.7 Å². The van der Waals surface area contributed by atoms with Crippen LogP contribution in [-0.2, 0) is 0 Å². The molecule has 0 unspecified atom stereocenters. The highest BCUT2D eigenvalue weighted by Gasteiger charge is 2.14. The van der Waals surface area contributed by atoms with Gasteiger partial charge in [0.15, 0.2) is 5.82 Å². The minimum atomic E-state index is -0.365. The van der Waals surface area contributed by atoms with E-state index in [0.717, 1.165) is 5.56 Å². The number of hydrazine groups is 1. The van der Waals surface area contributed by atoms with E-state index in [1.807, 2.05) is 13.0 Å². The third-order valence-corrected chi connectivity index (χ3v) is 2.32. The number of amides is 1. The Hall–Kier alpha value is -2.41. The van der Waals surface area contributed by atoms with Crippen molar-refractivity contribution in [3.8, 4) is 0 Å². The van der Waals surface area contributed by atoms with Crippen LogP contribution in [0.25, 0.3) is 0 Å². The van der Waals surface area contributed by atoms with Gasteiger partial charge in [-0.25, -0.2) is 0 Å². The van der Waals surface area contributed by atoms with E-state index in [-0.39, 0.29) is 11.9 Å². The van der Waals surface area contributed by atoms with Crippen molar-refractivity contribution in [3.63, 3.8) is 0 Å². The summed E-state index contributed by atoms with van der Waals surface area (Å²) >= 11 is 0. The zero-order valence-electron chi connectivity index (χ0n) is 10.0. The first-order valence-electron chi connectivity index (χ1n) is 5.29. The van der Waals surface area contributed by atoms with E-state index >= 15 is 0 Å². The number of carbonyl (C=O) groups is 1. The van der Waals surface area contributed by atoms with E-state index < -0.39 is 0 Å². The SMILES string of the molecule is Cc1ccc(NN)c(C(=O)Nc2nc(C)no2)c1. The second-order valence-electron chi connectivity index (χ2n) is 3.79. The van der Waals surface area contributed by atoms with Gasteiger partial charge >= 0.3 is 6.01 Å². The molecule has 0 aliphatic carbocycles. The fraction of sp³-hybridized carbons (Fsp3) is 0.182. The molecule has 0 bridgehead atoms.